The Morgan fingerprint density at radius 3 is 2.79 bits per heavy atom. The smallest absolute Gasteiger partial charge is 0.287 e. The number of fused-ring (bicyclic) bond motifs is 1. The van der Waals surface area contributed by atoms with Crippen molar-refractivity contribution in [3.63, 3.8) is 0 Å². The van der Waals surface area contributed by atoms with Gasteiger partial charge in [-0.2, -0.15) is 14.0 Å². The first kappa shape index (κ1) is 18.7. The van der Waals surface area contributed by atoms with E-state index in [4.69, 9.17) is 5.26 Å². The second-order valence-electron chi connectivity index (χ2n) is 7.01. The van der Waals surface area contributed by atoms with Gasteiger partial charge in [-0.3, -0.25) is 9.36 Å². The van der Waals surface area contributed by atoms with Crippen LogP contribution in [0.15, 0.2) is 30.7 Å². The fourth-order valence-corrected chi connectivity index (χ4v) is 3.23. The van der Waals surface area contributed by atoms with Crippen LogP contribution in [-0.2, 0) is 10.7 Å². The Balaban J connectivity index is 1.86. The highest BCUT2D eigenvalue weighted by Crippen LogP contribution is 2.35. The van der Waals surface area contributed by atoms with E-state index in [0.717, 1.165) is 18.0 Å². The summed E-state index contributed by atoms with van der Waals surface area (Å²) in [6.45, 7) is 3.28. The predicted octanol–water partition coefficient (Wildman–Crippen LogP) is 2.85. The van der Waals surface area contributed by atoms with Crippen molar-refractivity contribution in [2.24, 2.45) is 5.92 Å². The first-order chi connectivity index (χ1) is 13.8. The maximum Gasteiger partial charge on any atom is 0.287 e. The number of nitriles is 1. The van der Waals surface area contributed by atoms with Gasteiger partial charge in [-0.1, -0.05) is 0 Å². The molecule has 4 heterocycles. The highest BCUT2D eigenvalue weighted by Gasteiger charge is 2.30. The highest BCUT2D eigenvalue weighted by molar-refractivity contribution is 5.97. The van der Waals surface area contributed by atoms with Gasteiger partial charge in [0.15, 0.2) is 0 Å². The van der Waals surface area contributed by atoms with Crippen LogP contribution in [0.25, 0.3) is 16.9 Å². The number of carbonyl (C=O) groups is 1. The molecular weight excluding hydrogens is 380 g/mol. The van der Waals surface area contributed by atoms with Crippen LogP contribution >= 0.6 is 0 Å². The van der Waals surface area contributed by atoms with E-state index in [1.165, 1.54) is 19.2 Å². The zero-order valence-electron chi connectivity index (χ0n) is 15.7. The van der Waals surface area contributed by atoms with Crippen LogP contribution in [-0.4, -0.2) is 38.5 Å². The van der Waals surface area contributed by atoms with Crippen molar-refractivity contribution >= 4 is 28.3 Å². The van der Waals surface area contributed by atoms with Crippen LogP contribution < -0.4 is 10.2 Å². The maximum absolute atomic E-state index is 13.8. The van der Waals surface area contributed by atoms with E-state index in [0.29, 0.717) is 24.4 Å². The minimum Gasteiger partial charge on any atom is -0.367 e. The molecule has 0 unspecified atom stereocenters. The average molecular weight is 397 g/mol. The third kappa shape index (κ3) is 3.47. The standard InChI is InChI=1S/C19H17F2N7O/c1-11(29)25-17-5-14-13(7-24-17)15(27-8-12(6-22)9-27)10-28(14)18-23-4-3-16(26-18)19(2,20)21/h3-5,7,10,12H,8-9H2,1-2H3,(H,24,25,29). The van der Waals surface area contributed by atoms with E-state index in [-0.39, 0.29) is 17.8 Å². The molecule has 0 bridgehead atoms. The topological polar surface area (TPSA) is 99.7 Å². The molecule has 1 fully saturated rings. The van der Waals surface area contributed by atoms with Crippen molar-refractivity contribution < 1.29 is 13.6 Å². The van der Waals surface area contributed by atoms with E-state index >= 15 is 0 Å². The van der Waals surface area contributed by atoms with Gasteiger partial charge in [0, 0.05) is 57.0 Å². The average Bonchev–Trinajstić information content (AvgIpc) is 2.98. The van der Waals surface area contributed by atoms with Crippen molar-refractivity contribution in [3.8, 4) is 12.0 Å². The minimum absolute atomic E-state index is 0.0571. The largest absolute Gasteiger partial charge is 0.367 e. The van der Waals surface area contributed by atoms with Crippen molar-refractivity contribution in [2.75, 3.05) is 23.3 Å². The molecule has 0 atom stereocenters. The normalized spacial score (nSPS) is 14.5. The zero-order valence-corrected chi connectivity index (χ0v) is 15.7. The molecule has 1 saturated heterocycles. The third-order valence-electron chi connectivity index (χ3n) is 4.69. The summed E-state index contributed by atoms with van der Waals surface area (Å²) in [5.74, 6) is -3.04. The lowest BCUT2D eigenvalue weighted by atomic mass is 10.0. The molecule has 148 valence electrons. The summed E-state index contributed by atoms with van der Waals surface area (Å²) in [6, 6.07) is 5.04. The van der Waals surface area contributed by atoms with Crippen molar-refractivity contribution in [1.29, 1.82) is 5.26 Å². The summed E-state index contributed by atoms with van der Waals surface area (Å²) in [4.78, 5) is 25.8. The van der Waals surface area contributed by atoms with Crippen LogP contribution in [0.3, 0.4) is 0 Å². The summed E-state index contributed by atoms with van der Waals surface area (Å²) in [6.07, 6.45) is 4.63. The van der Waals surface area contributed by atoms with Gasteiger partial charge in [-0.15, -0.1) is 0 Å². The van der Waals surface area contributed by atoms with Gasteiger partial charge in [0.05, 0.1) is 23.2 Å². The van der Waals surface area contributed by atoms with Crippen LogP contribution in [0.5, 0.6) is 0 Å². The summed E-state index contributed by atoms with van der Waals surface area (Å²) in [5, 5.41) is 12.4. The van der Waals surface area contributed by atoms with E-state index in [1.807, 2.05) is 4.90 Å². The molecule has 1 N–H and O–H groups in total. The second-order valence-corrected chi connectivity index (χ2v) is 7.01. The molecule has 3 aromatic heterocycles. The SMILES string of the molecule is CC(=O)Nc1cc2c(cn1)c(N1CC(C#N)C1)cn2-c1nccc(C(C)(F)F)n1. The van der Waals surface area contributed by atoms with Crippen molar-refractivity contribution in [3.05, 3.63) is 36.4 Å². The van der Waals surface area contributed by atoms with E-state index < -0.39 is 11.6 Å². The number of alkyl halides is 2. The number of pyridine rings is 1. The molecular formula is C19H17F2N7O. The van der Waals surface area contributed by atoms with E-state index in [2.05, 4.69) is 26.3 Å². The number of nitrogens with one attached hydrogen (secondary N) is 1. The highest BCUT2D eigenvalue weighted by atomic mass is 19.3. The molecule has 1 amide bonds. The number of aromatic nitrogens is 4. The first-order valence-electron chi connectivity index (χ1n) is 8.91. The van der Waals surface area contributed by atoms with Gasteiger partial charge in [-0.25, -0.2) is 15.0 Å². The molecule has 10 heteroatoms. The van der Waals surface area contributed by atoms with Crippen LogP contribution in [0.4, 0.5) is 20.3 Å². The molecule has 1 aliphatic heterocycles. The lowest BCUT2D eigenvalue weighted by Gasteiger charge is -2.36. The maximum atomic E-state index is 13.8. The van der Waals surface area contributed by atoms with Gasteiger partial charge < -0.3 is 10.2 Å². The number of hydrogen-bond donors (Lipinski definition) is 1. The zero-order chi connectivity index (χ0) is 20.8. The fourth-order valence-electron chi connectivity index (χ4n) is 3.23. The Kier molecular flexibility index (Phi) is 4.38. The molecule has 8 nitrogen and oxygen atoms in total. The Labute approximate surface area is 164 Å². The van der Waals surface area contributed by atoms with Crippen molar-refractivity contribution in [1.82, 2.24) is 19.5 Å². The summed E-state index contributed by atoms with van der Waals surface area (Å²) in [5.41, 5.74) is 1.01. The fraction of sp³-hybridized carbons (Fsp3) is 0.316. The number of amides is 1. The quantitative estimate of drug-likeness (QED) is 0.727. The van der Waals surface area contributed by atoms with Gasteiger partial charge in [0.1, 0.15) is 11.5 Å². The van der Waals surface area contributed by atoms with Gasteiger partial charge in [-0.05, 0) is 6.07 Å². The number of carbonyl (C=O) groups excluding carboxylic acids is 1. The lowest BCUT2D eigenvalue weighted by molar-refractivity contribution is -0.114. The lowest BCUT2D eigenvalue weighted by Crippen LogP contribution is -2.45. The molecule has 4 rings (SSSR count). The van der Waals surface area contributed by atoms with Crippen LogP contribution in [0.1, 0.15) is 19.5 Å². The van der Waals surface area contributed by atoms with E-state index in [1.54, 1.807) is 23.0 Å². The third-order valence-corrected chi connectivity index (χ3v) is 4.69. The second kappa shape index (κ2) is 6.77. The number of hydrogen-bond acceptors (Lipinski definition) is 6. The van der Waals surface area contributed by atoms with Crippen molar-refractivity contribution in [2.45, 2.75) is 19.8 Å². The molecule has 3 aromatic rings. The monoisotopic (exact) mass is 397 g/mol. The van der Waals surface area contributed by atoms with Gasteiger partial charge in [0.25, 0.3) is 5.92 Å². The van der Waals surface area contributed by atoms with Gasteiger partial charge >= 0.3 is 0 Å². The van der Waals surface area contributed by atoms with E-state index in [9.17, 15) is 13.6 Å². The van der Waals surface area contributed by atoms with Gasteiger partial charge in [0.2, 0.25) is 11.9 Å². The molecule has 29 heavy (non-hydrogen) atoms. The Bertz CT molecular complexity index is 1140. The summed E-state index contributed by atoms with van der Waals surface area (Å²) in [7, 11) is 0. The number of anilines is 2. The molecule has 0 aromatic carbocycles. The Morgan fingerprint density at radius 1 is 1.38 bits per heavy atom. The Hall–Kier alpha value is -3.61. The Morgan fingerprint density at radius 2 is 2.14 bits per heavy atom. The number of rotatable bonds is 4. The molecule has 0 aliphatic carbocycles. The van der Waals surface area contributed by atoms with Crippen LogP contribution in [0.2, 0.25) is 0 Å². The summed E-state index contributed by atoms with van der Waals surface area (Å²) < 4.78 is 29.1. The molecule has 0 spiro atoms. The predicted molar refractivity (Wildman–Crippen MR) is 102 cm³/mol. The molecule has 0 radical (unpaired) electrons. The minimum atomic E-state index is -3.11. The molecule has 0 saturated carbocycles. The first-order valence-corrected chi connectivity index (χ1v) is 8.91. The molecule has 1 aliphatic rings. The number of halogens is 2. The number of nitrogens with zero attached hydrogens (tertiary/aromatic N) is 6. The summed E-state index contributed by atoms with van der Waals surface area (Å²) >= 11 is 0. The van der Waals surface area contributed by atoms with Crippen LogP contribution in [0, 0.1) is 17.2 Å².